The first-order chi connectivity index (χ1) is 25.7. The maximum atomic E-state index is 14.1. The lowest BCUT2D eigenvalue weighted by Gasteiger charge is -2.28. The van der Waals surface area contributed by atoms with Crippen molar-refractivity contribution in [2.45, 2.75) is 70.6 Å². The number of nitrogens with one attached hydrogen (secondary N) is 4. The van der Waals surface area contributed by atoms with E-state index in [-0.39, 0.29) is 38.4 Å². The Morgan fingerprint density at radius 3 is 1.98 bits per heavy atom. The summed E-state index contributed by atoms with van der Waals surface area (Å²) < 4.78 is 10.8. The Bertz CT molecular complexity index is 1930. The average molecular weight is 720 g/mol. The largest absolute Gasteiger partial charge is 0.459 e. The van der Waals surface area contributed by atoms with Gasteiger partial charge in [0, 0.05) is 19.0 Å². The number of imidazole rings is 1. The van der Waals surface area contributed by atoms with Gasteiger partial charge in [-0.15, -0.1) is 0 Å². The minimum atomic E-state index is -1.67. The Morgan fingerprint density at radius 1 is 0.717 bits per heavy atom. The Balaban J connectivity index is 1.35. The molecule has 1 aromatic heterocycles. The summed E-state index contributed by atoms with van der Waals surface area (Å²) in [7, 11) is 0. The first-order valence-corrected chi connectivity index (χ1v) is 17.6. The van der Waals surface area contributed by atoms with Crippen LogP contribution in [0.1, 0.15) is 42.7 Å². The summed E-state index contributed by atoms with van der Waals surface area (Å²) in [6.07, 6.45) is 0.877. The minimum absolute atomic E-state index is 0.00712. The zero-order valence-corrected chi connectivity index (χ0v) is 29.7. The number of fused-ring (bicyclic) bond motifs is 1. The van der Waals surface area contributed by atoms with E-state index in [1.807, 2.05) is 105 Å². The fourth-order valence-corrected chi connectivity index (χ4v) is 5.94. The first-order valence-electron chi connectivity index (χ1n) is 17.6. The van der Waals surface area contributed by atoms with Crippen LogP contribution in [0.2, 0.25) is 0 Å². The lowest BCUT2D eigenvalue weighted by atomic mass is 9.97. The minimum Gasteiger partial charge on any atom is -0.459 e. The van der Waals surface area contributed by atoms with Crippen LogP contribution >= 0.6 is 0 Å². The van der Waals surface area contributed by atoms with Crippen LogP contribution in [0, 0.1) is 5.92 Å². The smallest absolute Gasteiger partial charge is 0.408 e. The molecular weight excluding hydrogens is 674 g/mol. The highest BCUT2D eigenvalue weighted by Gasteiger charge is 2.34. The number of H-pyrrole nitrogens is 1. The van der Waals surface area contributed by atoms with Crippen molar-refractivity contribution < 1.29 is 33.8 Å². The second-order valence-electron chi connectivity index (χ2n) is 13.2. The summed E-state index contributed by atoms with van der Waals surface area (Å²) in [6.45, 7) is 3.73. The van der Waals surface area contributed by atoms with Crippen molar-refractivity contribution in [3.05, 3.63) is 138 Å². The number of hydrogen-bond acceptors (Lipinski definition) is 8. The van der Waals surface area contributed by atoms with Crippen LogP contribution in [-0.4, -0.2) is 63.2 Å². The summed E-state index contributed by atoms with van der Waals surface area (Å²) in [6, 6.07) is 28.2. The van der Waals surface area contributed by atoms with Crippen LogP contribution < -0.4 is 16.0 Å². The summed E-state index contributed by atoms with van der Waals surface area (Å²) >= 11 is 0. The van der Waals surface area contributed by atoms with Gasteiger partial charge < -0.3 is 35.5 Å². The van der Waals surface area contributed by atoms with Gasteiger partial charge in [0.05, 0.1) is 18.1 Å². The van der Waals surface area contributed by atoms with Crippen LogP contribution in [0.25, 0.3) is 10.8 Å². The van der Waals surface area contributed by atoms with Gasteiger partial charge in [0.1, 0.15) is 25.3 Å². The summed E-state index contributed by atoms with van der Waals surface area (Å²) in [5.74, 6) is -2.21. The van der Waals surface area contributed by atoms with E-state index in [4.69, 9.17) is 9.47 Å². The number of hydrogen-bond donors (Lipinski definition) is 5. The second-order valence-corrected chi connectivity index (χ2v) is 13.2. The summed E-state index contributed by atoms with van der Waals surface area (Å²) in [5, 5.41) is 21.2. The quantitative estimate of drug-likeness (QED) is 0.0857. The van der Waals surface area contributed by atoms with E-state index in [2.05, 4.69) is 25.9 Å². The highest BCUT2D eigenvalue weighted by atomic mass is 16.6. The number of alkyl carbamates (subject to hydrolysis) is 1. The molecule has 0 aliphatic carbocycles. The predicted octanol–water partition coefficient (Wildman–Crippen LogP) is 4.76. The number of carbonyl (C=O) groups excluding carboxylic acids is 4. The fourth-order valence-electron chi connectivity index (χ4n) is 5.94. The molecule has 3 amide bonds. The standard InChI is InChI=1S/C41H45N5O7/c1-27(2)20-34(37(47)40(50)52-24-28-12-5-3-6-13-28)44-39(49)36(22-32-23-42-26-43-32)45-38(48)35(46-41(51)53-25-29-14-7-4-8-15-29)21-31-18-11-17-30-16-9-10-19-33(30)31/h3-19,23,26-27,34-37,47H,20-22,24-25H2,1-2H3,(H,42,43)(H,44,49)(H,45,48)(H,46,51)/t34-,35-,36?,37-/m0/s1. The van der Waals surface area contributed by atoms with Crippen LogP contribution in [0.4, 0.5) is 4.79 Å². The number of nitrogens with zero attached hydrogens (tertiary/aromatic N) is 1. The zero-order valence-electron chi connectivity index (χ0n) is 29.7. The highest BCUT2D eigenvalue weighted by Crippen LogP contribution is 2.20. The van der Waals surface area contributed by atoms with Crippen LogP contribution in [0.5, 0.6) is 0 Å². The normalized spacial score (nSPS) is 13.4. The lowest BCUT2D eigenvalue weighted by molar-refractivity contribution is -0.157. The van der Waals surface area contributed by atoms with Crippen molar-refractivity contribution in [2.75, 3.05) is 0 Å². The van der Waals surface area contributed by atoms with E-state index in [1.165, 1.54) is 6.33 Å². The summed E-state index contributed by atoms with van der Waals surface area (Å²) in [4.78, 5) is 61.3. The fraction of sp³-hybridized carbons (Fsp3) is 0.293. The molecule has 0 bridgehead atoms. The highest BCUT2D eigenvalue weighted by molar-refractivity contribution is 5.93. The zero-order chi connectivity index (χ0) is 37.6. The second kappa shape index (κ2) is 19.0. The van der Waals surface area contributed by atoms with Gasteiger partial charge in [-0.05, 0) is 39.8 Å². The molecule has 12 nitrogen and oxygen atoms in total. The number of aromatic amines is 1. The van der Waals surface area contributed by atoms with Crippen LogP contribution in [0.3, 0.4) is 0 Å². The van der Waals surface area contributed by atoms with E-state index in [1.54, 1.807) is 18.3 Å². The van der Waals surface area contributed by atoms with Gasteiger partial charge in [-0.1, -0.05) is 117 Å². The number of aliphatic hydroxyl groups excluding tert-OH is 1. The molecule has 4 aromatic carbocycles. The van der Waals surface area contributed by atoms with Crippen molar-refractivity contribution in [3.8, 4) is 0 Å². The molecule has 0 aliphatic rings. The molecular formula is C41H45N5O7. The van der Waals surface area contributed by atoms with Crippen molar-refractivity contribution >= 4 is 34.6 Å². The van der Waals surface area contributed by atoms with Gasteiger partial charge in [-0.2, -0.15) is 0 Å². The number of benzene rings is 4. The molecule has 4 atom stereocenters. The number of rotatable bonds is 17. The van der Waals surface area contributed by atoms with E-state index in [0.29, 0.717) is 5.69 Å². The molecule has 0 spiro atoms. The van der Waals surface area contributed by atoms with Crippen LogP contribution in [-0.2, 0) is 49.9 Å². The van der Waals surface area contributed by atoms with Gasteiger partial charge in [0.15, 0.2) is 6.10 Å². The Hall–Kier alpha value is -6.01. The van der Waals surface area contributed by atoms with Crippen molar-refractivity contribution in [1.82, 2.24) is 25.9 Å². The topological polar surface area (TPSA) is 172 Å². The molecule has 0 fully saturated rings. The number of amides is 3. The number of aliphatic hydroxyl groups is 1. The summed E-state index contributed by atoms with van der Waals surface area (Å²) in [5.41, 5.74) is 2.80. The predicted molar refractivity (Wildman–Crippen MR) is 199 cm³/mol. The van der Waals surface area contributed by atoms with Crippen molar-refractivity contribution in [3.63, 3.8) is 0 Å². The molecule has 12 heteroatoms. The van der Waals surface area contributed by atoms with Crippen molar-refractivity contribution in [2.24, 2.45) is 5.92 Å². The van der Waals surface area contributed by atoms with E-state index in [0.717, 1.165) is 27.5 Å². The van der Waals surface area contributed by atoms with Gasteiger partial charge in [-0.25, -0.2) is 14.6 Å². The van der Waals surface area contributed by atoms with Gasteiger partial charge in [0.2, 0.25) is 11.8 Å². The third kappa shape index (κ3) is 11.5. The van der Waals surface area contributed by atoms with E-state index in [9.17, 15) is 24.3 Å². The molecule has 0 saturated heterocycles. The third-order valence-corrected chi connectivity index (χ3v) is 8.63. The van der Waals surface area contributed by atoms with E-state index < -0.39 is 48.1 Å². The Morgan fingerprint density at radius 2 is 1.32 bits per heavy atom. The van der Waals surface area contributed by atoms with Crippen molar-refractivity contribution in [1.29, 1.82) is 0 Å². The Labute approximate surface area is 308 Å². The number of ether oxygens (including phenoxy) is 2. The third-order valence-electron chi connectivity index (χ3n) is 8.63. The molecule has 1 unspecified atom stereocenters. The monoisotopic (exact) mass is 719 g/mol. The molecule has 5 aromatic rings. The van der Waals surface area contributed by atoms with Gasteiger partial charge in [0.25, 0.3) is 0 Å². The lowest BCUT2D eigenvalue weighted by Crippen LogP contribution is -2.58. The van der Waals surface area contributed by atoms with Gasteiger partial charge in [-0.3, -0.25) is 9.59 Å². The molecule has 0 aliphatic heterocycles. The van der Waals surface area contributed by atoms with E-state index >= 15 is 0 Å². The van der Waals surface area contributed by atoms with Gasteiger partial charge >= 0.3 is 12.1 Å². The molecule has 5 N–H and O–H groups in total. The maximum absolute atomic E-state index is 14.1. The Kier molecular flexibility index (Phi) is 13.7. The SMILES string of the molecule is CC(C)C[C@H](NC(=O)C(Cc1c[nH]cn1)NC(=O)[C@H](Cc1cccc2ccccc12)NC(=O)OCc1ccccc1)[C@H](O)C(=O)OCc1ccccc1. The molecule has 0 saturated carbocycles. The van der Waals surface area contributed by atoms with Crippen LogP contribution in [0.15, 0.2) is 116 Å². The number of carbonyl (C=O) groups is 4. The molecule has 276 valence electrons. The molecule has 5 rings (SSSR count). The number of esters is 1. The maximum Gasteiger partial charge on any atom is 0.408 e. The number of aromatic nitrogens is 2. The first kappa shape index (κ1) is 38.2. The molecule has 1 heterocycles. The molecule has 53 heavy (non-hydrogen) atoms. The molecule has 0 radical (unpaired) electrons. The average Bonchev–Trinajstić information content (AvgIpc) is 3.69.